The minimum Gasteiger partial charge on any atom is -0.386 e. The summed E-state index contributed by atoms with van der Waals surface area (Å²) in [6.07, 6.45) is 3.11. The monoisotopic (exact) mass is 168 g/mol. The molecule has 0 saturated heterocycles. The van der Waals surface area contributed by atoms with E-state index < -0.39 is 11.2 Å². The van der Waals surface area contributed by atoms with Crippen molar-refractivity contribution in [2.45, 2.75) is 38.9 Å². The first kappa shape index (κ1) is 11.2. The van der Waals surface area contributed by atoms with Crippen LogP contribution in [0.25, 0.3) is 0 Å². The molecule has 0 atom stereocenters. The van der Waals surface area contributed by atoms with Gasteiger partial charge in [0.25, 0.3) is 0 Å². The lowest BCUT2D eigenvalue weighted by Crippen LogP contribution is -2.15. The van der Waals surface area contributed by atoms with Gasteiger partial charge in [-0.2, -0.15) is 0 Å². The SMILES string of the molecule is CC(C)(O)C#C/C=C/C(C)(C)O. The summed E-state index contributed by atoms with van der Waals surface area (Å²) in [5.74, 6) is 5.24. The Bertz CT molecular complexity index is 215. The molecule has 68 valence electrons. The van der Waals surface area contributed by atoms with Gasteiger partial charge in [-0.3, -0.25) is 0 Å². The Labute approximate surface area is 73.9 Å². The fraction of sp³-hybridized carbons (Fsp3) is 0.600. The average molecular weight is 168 g/mol. The molecule has 2 N–H and O–H groups in total. The van der Waals surface area contributed by atoms with Crippen LogP contribution in [0.15, 0.2) is 12.2 Å². The number of allylic oxidation sites excluding steroid dienone is 1. The summed E-state index contributed by atoms with van der Waals surface area (Å²) in [5.41, 5.74) is -1.81. The van der Waals surface area contributed by atoms with Gasteiger partial charge in [-0.15, -0.1) is 0 Å². The van der Waals surface area contributed by atoms with E-state index in [2.05, 4.69) is 11.8 Å². The van der Waals surface area contributed by atoms with Crippen molar-refractivity contribution < 1.29 is 10.2 Å². The summed E-state index contributed by atoms with van der Waals surface area (Å²) in [6.45, 7) is 6.54. The second-order valence-electron chi connectivity index (χ2n) is 3.82. The van der Waals surface area contributed by atoms with Gasteiger partial charge in [0.2, 0.25) is 0 Å². The largest absolute Gasteiger partial charge is 0.386 e. The Morgan fingerprint density at radius 1 is 1.08 bits per heavy atom. The third-order valence-electron chi connectivity index (χ3n) is 0.953. The lowest BCUT2D eigenvalue weighted by Gasteiger charge is -2.08. The van der Waals surface area contributed by atoms with Crippen LogP contribution in [0.5, 0.6) is 0 Å². The van der Waals surface area contributed by atoms with E-state index in [4.69, 9.17) is 0 Å². The van der Waals surface area contributed by atoms with Gasteiger partial charge in [-0.1, -0.05) is 11.8 Å². The number of rotatable bonds is 1. The Balaban J connectivity index is 4.13. The predicted molar refractivity (Wildman–Crippen MR) is 49.5 cm³/mol. The molecule has 0 aliphatic carbocycles. The van der Waals surface area contributed by atoms with Gasteiger partial charge in [-0.05, 0) is 39.8 Å². The molecule has 12 heavy (non-hydrogen) atoms. The van der Waals surface area contributed by atoms with Crippen LogP contribution in [0, 0.1) is 11.8 Å². The quantitative estimate of drug-likeness (QED) is 0.575. The normalized spacial score (nSPS) is 12.8. The topological polar surface area (TPSA) is 40.5 Å². The van der Waals surface area contributed by atoms with Crippen LogP contribution in [0.3, 0.4) is 0 Å². The van der Waals surface area contributed by atoms with Crippen LogP contribution in [-0.4, -0.2) is 21.4 Å². The Morgan fingerprint density at radius 3 is 1.92 bits per heavy atom. The molecule has 2 nitrogen and oxygen atoms in total. The Kier molecular flexibility index (Phi) is 3.51. The molecule has 0 aliphatic heterocycles. The van der Waals surface area contributed by atoms with Gasteiger partial charge in [0.15, 0.2) is 0 Å². The molecule has 0 heterocycles. The van der Waals surface area contributed by atoms with Gasteiger partial charge < -0.3 is 10.2 Å². The Hall–Kier alpha value is -0.780. The summed E-state index contributed by atoms with van der Waals surface area (Å²) in [7, 11) is 0. The van der Waals surface area contributed by atoms with Crippen molar-refractivity contribution in [1.29, 1.82) is 0 Å². The summed E-state index contributed by atoms with van der Waals surface area (Å²) < 4.78 is 0. The highest BCUT2D eigenvalue weighted by Crippen LogP contribution is 2.01. The van der Waals surface area contributed by atoms with Crippen LogP contribution in [0.2, 0.25) is 0 Å². The van der Waals surface area contributed by atoms with E-state index in [1.165, 1.54) is 6.08 Å². The zero-order valence-corrected chi connectivity index (χ0v) is 8.05. The van der Waals surface area contributed by atoms with Gasteiger partial charge in [0.05, 0.1) is 5.60 Å². The molecule has 0 aromatic carbocycles. The minimum atomic E-state index is -0.968. The van der Waals surface area contributed by atoms with Crippen molar-refractivity contribution in [3.05, 3.63) is 12.2 Å². The highest BCUT2D eigenvalue weighted by Gasteiger charge is 2.06. The smallest absolute Gasteiger partial charge is 0.120 e. The van der Waals surface area contributed by atoms with Crippen LogP contribution in [0.1, 0.15) is 27.7 Å². The van der Waals surface area contributed by atoms with Crippen molar-refractivity contribution in [1.82, 2.24) is 0 Å². The molecule has 2 heteroatoms. The fourth-order valence-electron chi connectivity index (χ4n) is 0.464. The van der Waals surface area contributed by atoms with Crippen molar-refractivity contribution in [3.8, 4) is 11.8 Å². The molecular formula is C10H16O2. The third-order valence-corrected chi connectivity index (χ3v) is 0.953. The van der Waals surface area contributed by atoms with Crippen LogP contribution < -0.4 is 0 Å². The van der Waals surface area contributed by atoms with Crippen molar-refractivity contribution in [2.24, 2.45) is 0 Å². The highest BCUT2D eigenvalue weighted by molar-refractivity contribution is 5.22. The molecule has 0 fully saturated rings. The van der Waals surface area contributed by atoms with Gasteiger partial charge in [0.1, 0.15) is 5.60 Å². The summed E-state index contributed by atoms with van der Waals surface area (Å²) >= 11 is 0. The number of hydrogen-bond donors (Lipinski definition) is 2. The minimum absolute atomic E-state index is 0.839. The third kappa shape index (κ3) is 9.22. The first-order valence-electron chi connectivity index (χ1n) is 3.86. The fourth-order valence-corrected chi connectivity index (χ4v) is 0.464. The molecule has 0 spiro atoms. The van der Waals surface area contributed by atoms with Crippen LogP contribution in [-0.2, 0) is 0 Å². The predicted octanol–water partition coefficient (Wildman–Crippen LogP) is 1.09. The molecule has 0 aliphatic rings. The van der Waals surface area contributed by atoms with Gasteiger partial charge in [0, 0.05) is 0 Å². The lowest BCUT2D eigenvalue weighted by molar-refractivity contribution is 0.133. The number of hydrogen-bond acceptors (Lipinski definition) is 2. The molecule has 0 saturated carbocycles. The van der Waals surface area contributed by atoms with Gasteiger partial charge in [-0.25, -0.2) is 0 Å². The second-order valence-corrected chi connectivity index (χ2v) is 3.82. The number of aliphatic hydroxyl groups is 2. The summed E-state index contributed by atoms with van der Waals surface area (Å²) in [5, 5.41) is 18.4. The summed E-state index contributed by atoms with van der Waals surface area (Å²) in [4.78, 5) is 0. The molecule has 0 aromatic rings. The zero-order chi connectivity index (χ0) is 9.83. The zero-order valence-electron chi connectivity index (χ0n) is 8.05. The Morgan fingerprint density at radius 2 is 1.58 bits per heavy atom. The molecule has 0 unspecified atom stereocenters. The molecule has 0 rings (SSSR count). The van der Waals surface area contributed by atoms with Crippen molar-refractivity contribution in [3.63, 3.8) is 0 Å². The maximum absolute atomic E-state index is 9.23. The molecule has 0 bridgehead atoms. The lowest BCUT2D eigenvalue weighted by atomic mass is 10.1. The molecule has 0 aromatic heterocycles. The first-order valence-corrected chi connectivity index (χ1v) is 3.86. The van der Waals surface area contributed by atoms with Crippen LogP contribution >= 0.6 is 0 Å². The van der Waals surface area contributed by atoms with Gasteiger partial charge >= 0.3 is 0 Å². The van der Waals surface area contributed by atoms with Crippen LogP contribution in [0.4, 0.5) is 0 Å². The van der Waals surface area contributed by atoms with Crippen molar-refractivity contribution in [2.75, 3.05) is 0 Å². The second kappa shape index (κ2) is 3.75. The van der Waals surface area contributed by atoms with E-state index in [9.17, 15) is 10.2 Å². The van der Waals surface area contributed by atoms with E-state index >= 15 is 0 Å². The standard InChI is InChI=1S/C10H16O2/c1-9(2,11)7-5-6-8-10(3,4)12/h5,7,11-12H,1-4H3/b7-5+. The van der Waals surface area contributed by atoms with Crippen molar-refractivity contribution >= 4 is 0 Å². The average Bonchev–Trinajstić information content (AvgIpc) is 1.76. The van der Waals surface area contributed by atoms with E-state index in [0.29, 0.717) is 0 Å². The highest BCUT2D eigenvalue weighted by atomic mass is 16.3. The van der Waals surface area contributed by atoms with E-state index in [1.54, 1.807) is 33.8 Å². The molecular weight excluding hydrogens is 152 g/mol. The maximum atomic E-state index is 9.23. The van der Waals surface area contributed by atoms with E-state index in [-0.39, 0.29) is 0 Å². The molecule has 0 radical (unpaired) electrons. The summed E-state index contributed by atoms with van der Waals surface area (Å²) in [6, 6.07) is 0. The maximum Gasteiger partial charge on any atom is 0.120 e. The first-order chi connectivity index (χ1) is 5.21. The van der Waals surface area contributed by atoms with E-state index in [0.717, 1.165) is 0 Å². The van der Waals surface area contributed by atoms with E-state index in [1.807, 2.05) is 0 Å². The molecule has 0 amide bonds.